The average Bonchev–Trinajstić information content (AvgIpc) is 2.56. The predicted molar refractivity (Wildman–Crippen MR) is 52.3 cm³/mol. The molecule has 0 aliphatic heterocycles. The Hall–Kier alpha value is -1.39. The van der Waals surface area contributed by atoms with E-state index in [0.717, 1.165) is 0 Å². The van der Waals surface area contributed by atoms with Crippen molar-refractivity contribution in [3.8, 4) is 0 Å². The van der Waals surface area contributed by atoms with Crippen LogP contribution in [-0.4, -0.2) is 16.7 Å². The van der Waals surface area contributed by atoms with Gasteiger partial charge < -0.3 is 15.8 Å². The number of nitrogens with two attached hydrogens (primary N) is 1. The van der Waals surface area contributed by atoms with Crippen LogP contribution in [0.3, 0.4) is 0 Å². The lowest BCUT2D eigenvalue weighted by Gasteiger charge is -2.04. The number of nitrogens with one attached hydrogen (secondary N) is 1. The first-order valence-electron chi connectivity index (χ1n) is 4.36. The van der Waals surface area contributed by atoms with Gasteiger partial charge in [0.2, 0.25) is 0 Å². The molecule has 2 rings (SSSR count). The lowest BCUT2D eigenvalue weighted by molar-refractivity contribution is 0.263. The smallest absolute Gasteiger partial charge is 0.153 e. The van der Waals surface area contributed by atoms with Gasteiger partial charge in [-0.2, -0.15) is 0 Å². The van der Waals surface area contributed by atoms with Crippen LogP contribution in [-0.2, 0) is 0 Å². The van der Waals surface area contributed by atoms with E-state index in [1.165, 1.54) is 0 Å². The minimum Gasteiger partial charge on any atom is -0.394 e. The van der Waals surface area contributed by atoms with Crippen LogP contribution in [0.25, 0.3) is 10.9 Å². The summed E-state index contributed by atoms with van der Waals surface area (Å²) in [6.07, 6.45) is 0. The van der Waals surface area contributed by atoms with Crippen LogP contribution >= 0.6 is 0 Å². The van der Waals surface area contributed by atoms with Crippen LogP contribution in [0.4, 0.5) is 4.39 Å². The summed E-state index contributed by atoms with van der Waals surface area (Å²) in [6, 6.07) is 6.32. The second-order valence-electron chi connectivity index (χ2n) is 3.19. The Morgan fingerprint density at radius 3 is 2.79 bits per heavy atom. The van der Waals surface area contributed by atoms with Gasteiger partial charge in [-0.05, 0) is 12.1 Å². The van der Waals surface area contributed by atoms with Crippen molar-refractivity contribution in [3.63, 3.8) is 0 Å². The molecule has 1 atom stereocenters. The normalized spacial score (nSPS) is 13.4. The summed E-state index contributed by atoms with van der Waals surface area (Å²) in [5.74, 6) is -0.373. The van der Waals surface area contributed by atoms with Gasteiger partial charge in [0.15, 0.2) is 5.82 Å². The average molecular weight is 194 g/mol. The maximum atomic E-state index is 13.6. The van der Waals surface area contributed by atoms with Crippen LogP contribution in [0.2, 0.25) is 0 Å². The number of rotatable bonds is 2. The van der Waals surface area contributed by atoms with E-state index in [1.54, 1.807) is 18.2 Å². The van der Waals surface area contributed by atoms with Crippen LogP contribution in [0.5, 0.6) is 0 Å². The molecule has 0 saturated carbocycles. The Morgan fingerprint density at radius 1 is 1.43 bits per heavy atom. The Bertz CT molecular complexity index is 452. The van der Waals surface area contributed by atoms with Crippen molar-refractivity contribution in [2.24, 2.45) is 5.73 Å². The van der Waals surface area contributed by atoms with Crippen LogP contribution in [0.15, 0.2) is 24.3 Å². The molecule has 0 saturated heterocycles. The molecule has 1 heterocycles. The number of fused-ring (bicyclic) bond motifs is 1. The molecule has 2 aromatic rings. The summed E-state index contributed by atoms with van der Waals surface area (Å²) in [5.41, 5.74) is 6.49. The monoisotopic (exact) mass is 194 g/mol. The number of H-pyrrole nitrogens is 1. The number of aromatic amines is 1. The van der Waals surface area contributed by atoms with E-state index in [2.05, 4.69) is 4.98 Å². The maximum Gasteiger partial charge on any atom is 0.153 e. The second-order valence-corrected chi connectivity index (χ2v) is 3.19. The first-order chi connectivity index (χ1) is 6.74. The zero-order chi connectivity index (χ0) is 10.1. The lowest BCUT2D eigenvalue weighted by Crippen LogP contribution is -2.16. The largest absolute Gasteiger partial charge is 0.394 e. The molecule has 14 heavy (non-hydrogen) atoms. The number of benzene rings is 1. The van der Waals surface area contributed by atoms with Crippen LogP contribution < -0.4 is 5.73 Å². The Kier molecular flexibility index (Phi) is 2.23. The van der Waals surface area contributed by atoms with Crippen LogP contribution in [0.1, 0.15) is 11.7 Å². The summed E-state index contributed by atoms with van der Waals surface area (Å²) in [5, 5.41) is 9.33. The molecule has 74 valence electrons. The molecule has 4 N–H and O–H groups in total. The van der Waals surface area contributed by atoms with Gasteiger partial charge in [0.05, 0.1) is 18.3 Å². The molecule has 0 bridgehead atoms. The topological polar surface area (TPSA) is 62.0 Å². The summed E-state index contributed by atoms with van der Waals surface area (Å²) in [7, 11) is 0. The van der Waals surface area contributed by atoms with Gasteiger partial charge in [-0.15, -0.1) is 0 Å². The molecule has 0 unspecified atom stereocenters. The van der Waals surface area contributed by atoms with Crippen molar-refractivity contribution in [3.05, 3.63) is 35.8 Å². The Labute approximate surface area is 80.4 Å². The fraction of sp³-hybridized carbons (Fsp3) is 0.200. The van der Waals surface area contributed by atoms with Gasteiger partial charge in [-0.25, -0.2) is 4.39 Å². The van der Waals surface area contributed by atoms with Crippen LogP contribution in [0, 0.1) is 5.82 Å². The highest BCUT2D eigenvalue weighted by molar-refractivity contribution is 5.81. The van der Waals surface area contributed by atoms with Crippen molar-refractivity contribution >= 4 is 10.9 Å². The lowest BCUT2D eigenvalue weighted by atomic mass is 10.2. The van der Waals surface area contributed by atoms with E-state index >= 15 is 0 Å². The number of hydrogen-bond donors (Lipinski definition) is 3. The maximum absolute atomic E-state index is 13.6. The molecule has 0 aliphatic carbocycles. The first-order valence-corrected chi connectivity index (χ1v) is 4.36. The zero-order valence-corrected chi connectivity index (χ0v) is 7.50. The van der Waals surface area contributed by atoms with Crippen molar-refractivity contribution in [1.82, 2.24) is 4.98 Å². The highest BCUT2D eigenvalue weighted by Gasteiger charge is 2.15. The molecule has 0 spiro atoms. The van der Waals surface area contributed by atoms with Gasteiger partial charge in [0.1, 0.15) is 0 Å². The third kappa shape index (κ3) is 1.29. The standard InChI is InChI=1S/C10H11FN2O/c11-9-6-3-1-2-4-8(6)13-10(9)7(12)5-14/h1-4,7,13-14H,5,12H2/t7-/m1/s1. The molecule has 0 fully saturated rings. The number of aliphatic hydroxyl groups excluding tert-OH is 1. The van der Waals surface area contributed by atoms with Crippen molar-refractivity contribution in [2.75, 3.05) is 6.61 Å². The van der Waals surface area contributed by atoms with Crippen molar-refractivity contribution in [2.45, 2.75) is 6.04 Å². The van der Waals surface area contributed by atoms with E-state index in [1.807, 2.05) is 6.07 Å². The molecule has 0 aliphatic rings. The molecule has 4 heteroatoms. The SMILES string of the molecule is N[C@H](CO)c1[nH]c2ccccc2c1F. The van der Waals surface area contributed by atoms with E-state index in [0.29, 0.717) is 10.9 Å². The highest BCUT2D eigenvalue weighted by atomic mass is 19.1. The third-order valence-corrected chi connectivity index (χ3v) is 2.24. The molecule has 1 aromatic carbocycles. The van der Waals surface area contributed by atoms with Gasteiger partial charge in [-0.1, -0.05) is 12.1 Å². The summed E-state index contributed by atoms with van der Waals surface area (Å²) < 4.78 is 13.6. The Balaban J connectivity index is 2.62. The van der Waals surface area contributed by atoms with Gasteiger partial charge in [-0.3, -0.25) is 0 Å². The molecule has 1 aromatic heterocycles. The molecular weight excluding hydrogens is 183 g/mol. The highest BCUT2D eigenvalue weighted by Crippen LogP contribution is 2.23. The number of hydrogen-bond acceptors (Lipinski definition) is 2. The first kappa shape index (κ1) is 9.18. The number of halogens is 1. The quantitative estimate of drug-likeness (QED) is 0.674. The minimum absolute atomic E-state index is 0.258. The van der Waals surface area contributed by atoms with E-state index in [-0.39, 0.29) is 18.1 Å². The summed E-state index contributed by atoms with van der Waals surface area (Å²) >= 11 is 0. The van der Waals surface area contributed by atoms with E-state index in [4.69, 9.17) is 10.8 Å². The fourth-order valence-electron chi connectivity index (χ4n) is 1.48. The third-order valence-electron chi connectivity index (χ3n) is 2.24. The molecular formula is C10H11FN2O. The molecule has 0 radical (unpaired) electrons. The van der Waals surface area contributed by atoms with Gasteiger partial charge >= 0.3 is 0 Å². The summed E-state index contributed by atoms with van der Waals surface area (Å²) in [4.78, 5) is 2.85. The number of para-hydroxylation sites is 1. The second kappa shape index (κ2) is 3.40. The number of aromatic nitrogens is 1. The zero-order valence-electron chi connectivity index (χ0n) is 7.50. The summed E-state index contributed by atoms with van der Waals surface area (Å²) in [6.45, 7) is -0.274. The van der Waals surface area contributed by atoms with E-state index < -0.39 is 6.04 Å². The Morgan fingerprint density at radius 2 is 2.14 bits per heavy atom. The fourth-order valence-corrected chi connectivity index (χ4v) is 1.48. The number of aliphatic hydroxyl groups is 1. The van der Waals surface area contributed by atoms with Crippen molar-refractivity contribution in [1.29, 1.82) is 0 Å². The molecule has 3 nitrogen and oxygen atoms in total. The predicted octanol–water partition coefficient (Wildman–Crippen LogP) is 1.30. The van der Waals surface area contributed by atoms with Gasteiger partial charge in [0.25, 0.3) is 0 Å². The molecule has 0 amide bonds. The van der Waals surface area contributed by atoms with E-state index in [9.17, 15) is 4.39 Å². The van der Waals surface area contributed by atoms with Crippen molar-refractivity contribution < 1.29 is 9.50 Å². The minimum atomic E-state index is -0.692. The van der Waals surface area contributed by atoms with Gasteiger partial charge in [0, 0.05) is 10.9 Å².